The number of rotatable bonds is 7. The predicted molar refractivity (Wildman–Crippen MR) is 130 cm³/mol. The van der Waals surface area contributed by atoms with Gasteiger partial charge >= 0.3 is 0 Å². The minimum absolute atomic E-state index is 0.00533. The minimum atomic E-state index is -0.823. The molecule has 2 saturated heterocycles. The van der Waals surface area contributed by atoms with Crippen molar-refractivity contribution in [1.29, 1.82) is 0 Å². The van der Waals surface area contributed by atoms with Gasteiger partial charge in [0.25, 0.3) is 11.7 Å². The van der Waals surface area contributed by atoms with E-state index in [2.05, 4.69) is 4.90 Å². The summed E-state index contributed by atoms with van der Waals surface area (Å²) in [5.74, 6) is -1.05. The van der Waals surface area contributed by atoms with Crippen molar-refractivity contribution in [2.24, 2.45) is 0 Å². The lowest BCUT2D eigenvalue weighted by Crippen LogP contribution is -2.39. The second-order valence-electron chi connectivity index (χ2n) is 8.19. The minimum Gasteiger partial charge on any atom is -0.507 e. The monoisotopic (exact) mass is 504 g/mol. The van der Waals surface area contributed by atoms with Crippen LogP contribution in [-0.4, -0.2) is 73.1 Å². The van der Waals surface area contributed by atoms with Crippen molar-refractivity contribution < 1.29 is 24.2 Å². The molecule has 1 atom stereocenters. The largest absolute Gasteiger partial charge is 0.507 e. The van der Waals surface area contributed by atoms with Crippen molar-refractivity contribution >= 4 is 40.7 Å². The zero-order chi connectivity index (χ0) is 24.2. The molecule has 0 aromatic heterocycles. The summed E-state index contributed by atoms with van der Waals surface area (Å²) in [6, 6.07) is 10.7. The Labute approximate surface area is 208 Å². The maximum absolute atomic E-state index is 13.2. The first-order valence-corrected chi connectivity index (χ1v) is 11.8. The lowest BCUT2D eigenvalue weighted by molar-refractivity contribution is -0.140. The predicted octanol–water partition coefficient (Wildman–Crippen LogP) is 4.15. The topological polar surface area (TPSA) is 79.3 Å². The highest BCUT2D eigenvalue weighted by molar-refractivity contribution is 6.47. The van der Waals surface area contributed by atoms with E-state index >= 15 is 0 Å². The van der Waals surface area contributed by atoms with Crippen LogP contribution in [0, 0.1) is 0 Å². The van der Waals surface area contributed by atoms with E-state index in [0.29, 0.717) is 53.1 Å². The molecule has 1 amide bonds. The fraction of sp³-hybridized carbons (Fsp3) is 0.360. The van der Waals surface area contributed by atoms with Crippen LogP contribution in [0.25, 0.3) is 5.76 Å². The standard InChI is InChI=1S/C25H26Cl2N2O5/c1-33-18-6-3-16(4-7-18)23(30)21-22(19-8-5-17(26)15-20(19)27)29(25(32)24(21)31)10-2-9-28-11-13-34-14-12-28/h3-8,15,22,30H,2,9-14H2,1H3/t22-/m1/s1. The Balaban J connectivity index is 1.70. The second-order valence-corrected chi connectivity index (χ2v) is 9.04. The van der Waals surface area contributed by atoms with Crippen molar-refractivity contribution in [1.82, 2.24) is 9.80 Å². The van der Waals surface area contributed by atoms with E-state index in [9.17, 15) is 14.7 Å². The molecular weight excluding hydrogens is 479 g/mol. The van der Waals surface area contributed by atoms with Gasteiger partial charge in [0.2, 0.25) is 0 Å². The number of nitrogens with zero attached hydrogens (tertiary/aromatic N) is 2. The third-order valence-corrected chi connectivity index (χ3v) is 6.70. The normalized spacial score (nSPS) is 20.7. The number of aliphatic hydroxyl groups is 1. The van der Waals surface area contributed by atoms with Gasteiger partial charge in [0.15, 0.2) is 0 Å². The first-order chi connectivity index (χ1) is 16.4. The molecule has 2 aliphatic rings. The van der Waals surface area contributed by atoms with Crippen LogP contribution < -0.4 is 4.74 Å². The van der Waals surface area contributed by atoms with Gasteiger partial charge in [0, 0.05) is 41.8 Å². The van der Waals surface area contributed by atoms with Crippen molar-refractivity contribution in [2.75, 3.05) is 46.5 Å². The molecule has 180 valence electrons. The number of likely N-dealkylation sites (tertiary alicyclic amines) is 1. The summed E-state index contributed by atoms with van der Waals surface area (Å²) in [5, 5.41) is 11.9. The fourth-order valence-electron chi connectivity index (χ4n) is 4.35. The zero-order valence-electron chi connectivity index (χ0n) is 18.8. The molecule has 2 aromatic rings. The number of ketones is 1. The third kappa shape index (κ3) is 5.08. The molecule has 0 spiro atoms. The summed E-state index contributed by atoms with van der Waals surface area (Å²) in [6.45, 7) is 4.15. The van der Waals surface area contributed by atoms with Gasteiger partial charge in [-0.15, -0.1) is 0 Å². The quantitative estimate of drug-likeness (QED) is 0.346. The molecule has 2 aliphatic heterocycles. The van der Waals surface area contributed by atoms with E-state index in [1.807, 2.05) is 0 Å². The van der Waals surface area contributed by atoms with E-state index in [0.717, 1.165) is 19.6 Å². The molecule has 1 N–H and O–H groups in total. The van der Waals surface area contributed by atoms with E-state index in [1.54, 1.807) is 49.6 Å². The molecule has 34 heavy (non-hydrogen) atoms. The molecule has 7 nitrogen and oxygen atoms in total. The highest BCUT2D eigenvalue weighted by atomic mass is 35.5. The number of carbonyl (C=O) groups excluding carboxylic acids is 2. The van der Waals surface area contributed by atoms with Gasteiger partial charge in [-0.05, 0) is 48.4 Å². The summed E-state index contributed by atoms with van der Waals surface area (Å²) >= 11 is 12.6. The number of hydrogen-bond acceptors (Lipinski definition) is 6. The first-order valence-electron chi connectivity index (χ1n) is 11.1. The lowest BCUT2D eigenvalue weighted by atomic mass is 9.95. The summed E-state index contributed by atoms with van der Waals surface area (Å²) < 4.78 is 10.6. The second kappa shape index (κ2) is 10.8. The van der Waals surface area contributed by atoms with Crippen molar-refractivity contribution in [3.8, 4) is 5.75 Å². The zero-order valence-corrected chi connectivity index (χ0v) is 20.3. The van der Waals surface area contributed by atoms with Crippen molar-refractivity contribution in [3.05, 3.63) is 69.2 Å². The van der Waals surface area contributed by atoms with Crippen molar-refractivity contribution in [2.45, 2.75) is 12.5 Å². The van der Waals surface area contributed by atoms with Crippen molar-refractivity contribution in [3.63, 3.8) is 0 Å². The molecule has 0 aliphatic carbocycles. The van der Waals surface area contributed by atoms with Gasteiger partial charge in [-0.1, -0.05) is 29.3 Å². The van der Waals surface area contributed by atoms with Gasteiger partial charge in [-0.3, -0.25) is 14.5 Å². The molecule has 0 saturated carbocycles. The highest BCUT2D eigenvalue weighted by Crippen LogP contribution is 2.42. The Morgan fingerprint density at radius 1 is 1.09 bits per heavy atom. The third-order valence-electron chi connectivity index (χ3n) is 6.14. The van der Waals surface area contributed by atoms with E-state index in [-0.39, 0.29) is 11.3 Å². The number of halogens is 2. The van der Waals surface area contributed by atoms with Crippen LogP contribution in [0.1, 0.15) is 23.6 Å². The number of amides is 1. The molecule has 0 unspecified atom stereocenters. The Hall–Kier alpha value is -2.58. The van der Waals surface area contributed by atoms with Gasteiger partial charge in [-0.2, -0.15) is 0 Å². The van der Waals surface area contributed by atoms with E-state index in [1.165, 1.54) is 4.90 Å². The average molecular weight is 505 g/mol. The van der Waals surface area contributed by atoms with Crippen LogP contribution in [0.4, 0.5) is 0 Å². The van der Waals surface area contributed by atoms with Crippen LogP contribution in [0.3, 0.4) is 0 Å². The molecule has 2 fully saturated rings. The highest BCUT2D eigenvalue weighted by Gasteiger charge is 2.46. The maximum atomic E-state index is 13.2. The number of aliphatic hydroxyl groups excluding tert-OH is 1. The maximum Gasteiger partial charge on any atom is 0.295 e. The smallest absolute Gasteiger partial charge is 0.295 e. The summed E-state index contributed by atoms with van der Waals surface area (Å²) in [4.78, 5) is 30.0. The van der Waals surface area contributed by atoms with Gasteiger partial charge in [0.1, 0.15) is 11.5 Å². The molecule has 2 heterocycles. The number of methoxy groups -OCH3 is 1. The Kier molecular flexibility index (Phi) is 7.78. The van der Waals surface area contributed by atoms with E-state index < -0.39 is 17.7 Å². The lowest BCUT2D eigenvalue weighted by Gasteiger charge is -2.29. The summed E-state index contributed by atoms with van der Waals surface area (Å²) in [7, 11) is 1.54. The Morgan fingerprint density at radius 2 is 1.79 bits per heavy atom. The van der Waals surface area contributed by atoms with Crippen LogP contribution in [0.2, 0.25) is 10.0 Å². The van der Waals surface area contributed by atoms with Gasteiger partial charge < -0.3 is 19.5 Å². The van der Waals surface area contributed by atoms with Gasteiger partial charge in [-0.25, -0.2) is 0 Å². The summed E-state index contributed by atoms with van der Waals surface area (Å²) in [6.07, 6.45) is 0.664. The number of Topliss-reactive ketones (excluding diaryl/α,β-unsaturated/α-hetero) is 1. The van der Waals surface area contributed by atoms with Gasteiger partial charge in [0.05, 0.1) is 31.9 Å². The molecule has 4 rings (SSSR count). The van der Waals surface area contributed by atoms with Crippen LogP contribution in [-0.2, 0) is 14.3 Å². The molecule has 2 aromatic carbocycles. The number of ether oxygens (including phenoxy) is 2. The molecule has 9 heteroatoms. The van der Waals surface area contributed by atoms with E-state index in [4.69, 9.17) is 32.7 Å². The number of carbonyl (C=O) groups is 2. The molecular formula is C25H26Cl2N2O5. The number of morpholine rings is 1. The molecule has 0 radical (unpaired) electrons. The fourth-order valence-corrected chi connectivity index (χ4v) is 4.86. The Morgan fingerprint density at radius 3 is 2.44 bits per heavy atom. The SMILES string of the molecule is COc1ccc(C(O)=C2C(=O)C(=O)N(CCCN3CCOCC3)[C@@H]2c2ccc(Cl)cc2Cl)cc1. The first kappa shape index (κ1) is 24.5. The number of hydrogen-bond donors (Lipinski definition) is 1. The van der Waals surface area contributed by atoms with Crippen LogP contribution in [0.5, 0.6) is 5.75 Å². The molecule has 0 bridgehead atoms. The van der Waals surface area contributed by atoms with Crippen LogP contribution >= 0.6 is 23.2 Å². The average Bonchev–Trinajstić information content (AvgIpc) is 3.09. The van der Waals surface area contributed by atoms with Crippen LogP contribution in [0.15, 0.2) is 48.0 Å². The Bertz CT molecular complexity index is 1100. The summed E-state index contributed by atoms with van der Waals surface area (Å²) in [5.41, 5.74) is 0.944. The number of benzene rings is 2.